The average Bonchev–Trinajstić information content (AvgIpc) is 2.15. The second kappa shape index (κ2) is 5.38. The lowest BCUT2D eigenvalue weighted by Crippen LogP contribution is -2.25. The summed E-state index contributed by atoms with van der Waals surface area (Å²) in [5.74, 6) is 2.69. The van der Waals surface area contributed by atoms with Crippen LogP contribution in [0.15, 0.2) is 0 Å². The van der Waals surface area contributed by atoms with Gasteiger partial charge in [0.1, 0.15) is 6.10 Å². The van der Waals surface area contributed by atoms with Gasteiger partial charge in [0.15, 0.2) is 0 Å². The quantitative estimate of drug-likeness (QED) is 0.560. The van der Waals surface area contributed by atoms with Crippen molar-refractivity contribution in [3.05, 3.63) is 0 Å². The third kappa shape index (κ3) is 3.47. The molecule has 1 fully saturated rings. The van der Waals surface area contributed by atoms with Gasteiger partial charge in [0.25, 0.3) is 0 Å². The van der Waals surface area contributed by atoms with Gasteiger partial charge in [-0.2, -0.15) is 4.21 Å². The molecule has 1 N–H and O–H groups in total. The first kappa shape index (κ1) is 10.7. The van der Waals surface area contributed by atoms with Crippen LogP contribution < -0.4 is 0 Å². The van der Waals surface area contributed by atoms with E-state index < -0.39 is 17.5 Å². The van der Waals surface area contributed by atoms with E-state index in [4.69, 9.17) is 15.2 Å². The van der Waals surface area contributed by atoms with Crippen LogP contribution in [-0.2, 0) is 15.5 Å². The molecule has 1 saturated carbocycles. The topological polar surface area (TPSA) is 46.5 Å². The van der Waals surface area contributed by atoms with E-state index >= 15 is 0 Å². The highest BCUT2D eigenvalue weighted by Gasteiger charge is 2.24. The highest BCUT2D eigenvalue weighted by atomic mass is 32.2. The van der Waals surface area contributed by atoms with E-state index in [0.29, 0.717) is 0 Å². The van der Waals surface area contributed by atoms with E-state index in [2.05, 4.69) is 5.92 Å². The molecule has 1 aliphatic carbocycles. The van der Waals surface area contributed by atoms with Crippen molar-refractivity contribution in [2.75, 3.05) is 0 Å². The van der Waals surface area contributed by atoms with Gasteiger partial charge in [0.05, 0.1) is 0 Å². The minimum absolute atomic E-state index is 0.259. The highest BCUT2D eigenvalue weighted by Crippen LogP contribution is 2.27. The summed E-state index contributed by atoms with van der Waals surface area (Å²) in [6, 6.07) is 0. The monoisotopic (exact) mass is 202 g/mol. The number of hydrogen-bond donors (Lipinski definition) is 1. The molecule has 13 heavy (non-hydrogen) atoms. The summed E-state index contributed by atoms with van der Waals surface area (Å²) in [6.07, 6.45) is 10.3. The molecule has 0 saturated heterocycles. The number of terminal acetylenes is 1. The van der Waals surface area contributed by atoms with Crippen molar-refractivity contribution >= 4 is 11.4 Å². The molecule has 4 heteroatoms. The fraction of sp³-hybridized carbons (Fsp3) is 0.778. The summed E-state index contributed by atoms with van der Waals surface area (Å²) in [5, 5.41) is 0. The zero-order chi connectivity index (χ0) is 9.68. The van der Waals surface area contributed by atoms with Gasteiger partial charge in [0.2, 0.25) is 0 Å². The van der Waals surface area contributed by atoms with Gasteiger partial charge >= 0.3 is 11.4 Å². The Kier molecular flexibility index (Phi) is 4.43. The van der Waals surface area contributed by atoms with Crippen molar-refractivity contribution < 1.29 is 12.9 Å². The second-order valence-electron chi connectivity index (χ2n) is 3.30. The highest BCUT2D eigenvalue weighted by molar-refractivity contribution is 7.74. The van der Waals surface area contributed by atoms with Gasteiger partial charge in [-0.05, 0) is 18.8 Å². The molecule has 0 aromatic carbocycles. The van der Waals surface area contributed by atoms with Gasteiger partial charge in [-0.25, -0.2) is 0 Å². The van der Waals surface area contributed by atoms with Crippen molar-refractivity contribution in [1.82, 2.24) is 0 Å². The fourth-order valence-corrected chi connectivity index (χ4v) is 2.16. The molecule has 0 radical (unpaired) electrons. The Morgan fingerprint density at radius 1 is 1.46 bits per heavy atom. The predicted octanol–water partition coefficient (Wildman–Crippen LogP) is 1.72. The molecule has 0 aliphatic heterocycles. The molecule has 74 valence electrons. The lowest BCUT2D eigenvalue weighted by molar-refractivity contribution is 0.157. The smallest absolute Gasteiger partial charge is 0.284 e. The zero-order valence-electron chi connectivity index (χ0n) is 7.44. The summed E-state index contributed by atoms with van der Waals surface area (Å²) < 4.78 is 23.7. The summed E-state index contributed by atoms with van der Waals surface area (Å²) in [5.41, 5.74) is 0. The van der Waals surface area contributed by atoms with Crippen LogP contribution in [0.2, 0.25) is 0 Å². The number of hydrogen-bond acceptors (Lipinski definition) is 2. The first-order chi connectivity index (χ1) is 6.24. The van der Waals surface area contributed by atoms with E-state index in [1.54, 1.807) is 0 Å². The molecule has 0 spiro atoms. The van der Waals surface area contributed by atoms with Crippen LogP contribution in [0.5, 0.6) is 0 Å². The molecule has 0 bridgehead atoms. The van der Waals surface area contributed by atoms with Crippen LogP contribution in [0.25, 0.3) is 0 Å². The van der Waals surface area contributed by atoms with E-state index in [1.165, 1.54) is 6.42 Å². The van der Waals surface area contributed by atoms with E-state index in [9.17, 15) is 4.21 Å². The Bertz CT molecular complexity index is 215. The van der Waals surface area contributed by atoms with E-state index in [-0.39, 0.29) is 5.92 Å². The lowest BCUT2D eigenvalue weighted by atomic mass is 9.85. The minimum atomic E-state index is -2.24. The first-order valence-electron chi connectivity index (χ1n) is 4.48. The second-order valence-corrected chi connectivity index (χ2v) is 3.93. The van der Waals surface area contributed by atoms with E-state index in [1.807, 2.05) is 0 Å². The normalized spacial score (nSPS) is 23.4. The molecule has 0 heterocycles. The molecule has 0 aromatic rings. The molecule has 3 nitrogen and oxygen atoms in total. The van der Waals surface area contributed by atoms with Gasteiger partial charge in [-0.3, -0.25) is 8.74 Å². The molecule has 1 aliphatic rings. The van der Waals surface area contributed by atoms with Crippen LogP contribution in [-0.4, -0.2) is 14.9 Å². The molecule has 2 atom stereocenters. The van der Waals surface area contributed by atoms with Crippen molar-refractivity contribution in [3.8, 4) is 12.3 Å². The van der Waals surface area contributed by atoms with Crippen LogP contribution in [0.4, 0.5) is 0 Å². The molecule has 2 unspecified atom stereocenters. The molecular formula is C9H14O3S. The van der Waals surface area contributed by atoms with Crippen LogP contribution in [0.3, 0.4) is 0 Å². The van der Waals surface area contributed by atoms with Crippen LogP contribution in [0.1, 0.15) is 32.1 Å². The zero-order valence-corrected chi connectivity index (χ0v) is 8.26. The van der Waals surface area contributed by atoms with Crippen molar-refractivity contribution in [2.45, 2.75) is 38.2 Å². The van der Waals surface area contributed by atoms with Crippen LogP contribution >= 0.6 is 0 Å². The van der Waals surface area contributed by atoms with Crippen molar-refractivity contribution in [2.24, 2.45) is 5.92 Å². The number of rotatable bonds is 3. The maximum Gasteiger partial charge on any atom is 0.303 e. The van der Waals surface area contributed by atoms with Gasteiger partial charge in [-0.15, -0.1) is 6.42 Å². The third-order valence-electron chi connectivity index (χ3n) is 2.43. The van der Waals surface area contributed by atoms with Crippen LogP contribution in [0, 0.1) is 18.3 Å². The maximum absolute atomic E-state index is 10.4. The predicted molar refractivity (Wildman–Crippen MR) is 51.1 cm³/mol. The Hall–Kier alpha value is -0.370. The van der Waals surface area contributed by atoms with Crippen molar-refractivity contribution in [3.63, 3.8) is 0 Å². The first-order valence-corrected chi connectivity index (χ1v) is 5.51. The summed E-state index contributed by atoms with van der Waals surface area (Å²) in [6.45, 7) is 0. The van der Waals surface area contributed by atoms with Gasteiger partial charge in [0, 0.05) is 0 Å². The fourth-order valence-electron chi connectivity index (χ4n) is 1.77. The molecule has 0 amide bonds. The Labute approximate surface area is 81.4 Å². The summed E-state index contributed by atoms with van der Waals surface area (Å²) >= 11 is -2.24. The standard InChI is InChI=1S/C9H14O3S/c1-2-9(12-13(10)11)8-6-4-3-5-7-8/h1,8-9H,3-7H2,(H,10,11). The third-order valence-corrected chi connectivity index (χ3v) is 2.80. The Morgan fingerprint density at radius 2 is 2.08 bits per heavy atom. The average molecular weight is 202 g/mol. The Balaban J connectivity index is 2.45. The summed E-state index contributed by atoms with van der Waals surface area (Å²) in [4.78, 5) is 0. The lowest BCUT2D eigenvalue weighted by Gasteiger charge is -2.25. The minimum Gasteiger partial charge on any atom is -0.284 e. The SMILES string of the molecule is C#CC(OS(=O)O)C1CCCCC1. The van der Waals surface area contributed by atoms with Gasteiger partial charge < -0.3 is 0 Å². The van der Waals surface area contributed by atoms with Gasteiger partial charge in [-0.1, -0.05) is 25.2 Å². The van der Waals surface area contributed by atoms with Crippen molar-refractivity contribution in [1.29, 1.82) is 0 Å². The van der Waals surface area contributed by atoms with E-state index in [0.717, 1.165) is 25.7 Å². The molecular weight excluding hydrogens is 188 g/mol. The molecule has 1 rings (SSSR count). The maximum atomic E-state index is 10.4. The Morgan fingerprint density at radius 3 is 2.54 bits per heavy atom. The molecule has 0 aromatic heterocycles. The largest absolute Gasteiger partial charge is 0.303 e. The summed E-state index contributed by atoms with van der Waals surface area (Å²) in [7, 11) is 0.